The lowest BCUT2D eigenvalue weighted by atomic mass is 10.0. The fourth-order valence-electron chi connectivity index (χ4n) is 1.73. The van der Waals surface area contributed by atoms with Crippen molar-refractivity contribution < 1.29 is 23.4 Å². The molecule has 0 aromatic heterocycles. The van der Waals surface area contributed by atoms with Gasteiger partial charge in [0.15, 0.2) is 11.6 Å². The standard InChI is InChI=1S/C14H12F2O3/c1-18-9-5-8(6-10(7-9)19-2)11-3-4-12(17)14(16)13(11)15/h3-7,17H,1-2H3. The van der Waals surface area contributed by atoms with Crippen molar-refractivity contribution in [1.29, 1.82) is 0 Å². The topological polar surface area (TPSA) is 38.7 Å². The molecule has 19 heavy (non-hydrogen) atoms. The van der Waals surface area contributed by atoms with Gasteiger partial charge in [0, 0.05) is 11.6 Å². The van der Waals surface area contributed by atoms with Crippen LogP contribution in [0.25, 0.3) is 11.1 Å². The first-order valence-electron chi connectivity index (χ1n) is 5.47. The summed E-state index contributed by atoms with van der Waals surface area (Å²) in [5.41, 5.74) is 0.417. The molecular weight excluding hydrogens is 254 g/mol. The first-order chi connectivity index (χ1) is 9.06. The molecule has 0 bridgehead atoms. The van der Waals surface area contributed by atoms with Crippen molar-refractivity contribution in [1.82, 2.24) is 0 Å². The highest BCUT2D eigenvalue weighted by molar-refractivity contribution is 5.68. The van der Waals surface area contributed by atoms with E-state index in [1.54, 1.807) is 18.2 Å². The Bertz CT molecular complexity index is 590. The van der Waals surface area contributed by atoms with Gasteiger partial charge in [0.25, 0.3) is 0 Å². The molecule has 0 saturated heterocycles. The Kier molecular flexibility index (Phi) is 3.55. The van der Waals surface area contributed by atoms with Gasteiger partial charge in [0.2, 0.25) is 5.82 Å². The Balaban J connectivity index is 2.61. The maximum absolute atomic E-state index is 13.8. The summed E-state index contributed by atoms with van der Waals surface area (Å²) in [6.45, 7) is 0. The summed E-state index contributed by atoms with van der Waals surface area (Å²) in [6.07, 6.45) is 0. The fourth-order valence-corrected chi connectivity index (χ4v) is 1.73. The predicted molar refractivity (Wildman–Crippen MR) is 66.6 cm³/mol. The number of phenolic OH excluding ortho intramolecular Hbond substituents is 1. The van der Waals surface area contributed by atoms with Crippen LogP contribution >= 0.6 is 0 Å². The molecule has 1 N–H and O–H groups in total. The number of hydrogen-bond acceptors (Lipinski definition) is 3. The van der Waals surface area contributed by atoms with E-state index in [1.807, 2.05) is 0 Å². The van der Waals surface area contributed by atoms with Gasteiger partial charge >= 0.3 is 0 Å². The summed E-state index contributed by atoms with van der Waals surface area (Å²) in [6, 6.07) is 7.12. The van der Waals surface area contributed by atoms with Gasteiger partial charge < -0.3 is 14.6 Å². The van der Waals surface area contributed by atoms with Gasteiger partial charge in [-0.3, -0.25) is 0 Å². The highest BCUT2D eigenvalue weighted by Crippen LogP contribution is 2.33. The third kappa shape index (κ3) is 2.45. The largest absolute Gasteiger partial charge is 0.505 e. The van der Waals surface area contributed by atoms with Gasteiger partial charge in [-0.15, -0.1) is 0 Å². The average molecular weight is 266 g/mol. The molecular formula is C14H12F2O3. The van der Waals surface area contributed by atoms with Crippen molar-refractivity contribution >= 4 is 0 Å². The van der Waals surface area contributed by atoms with Gasteiger partial charge in [-0.1, -0.05) is 0 Å². The highest BCUT2D eigenvalue weighted by Gasteiger charge is 2.15. The molecule has 0 aliphatic heterocycles. The summed E-state index contributed by atoms with van der Waals surface area (Å²) in [7, 11) is 2.93. The lowest BCUT2D eigenvalue weighted by Crippen LogP contribution is -1.93. The van der Waals surface area contributed by atoms with Crippen LogP contribution in [0.15, 0.2) is 30.3 Å². The van der Waals surface area contributed by atoms with Crippen LogP contribution in [-0.4, -0.2) is 19.3 Å². The van der Waals surface area contributed by atoms with E-state index in [2.05, 4.69) is 0 Å². The molecule has 2 aromatic rings. The smallest absolute Gasteiger partial charge is 0.200 e. The third-order valence-corrected chi connectivity index (χ3v) is 2.72. The van der Waals surface area contributed by atoms with Crippen LogP contribution in [0.2, 0.25) is 0 Å². The second-order valence-corrected chi connectivity index (χ2v) is 3.86. The molecule has 100 valence electrons. The predicted octanol–water partition coefficient (Wildman–Crippen LogP) is 3.35. The van der Waals surface area contributed by atoms with E-state index in [-0.39, 0.29) is 5.56 Å². The van der Waals surface area contributed by atoms with Crippen LogP contribution < -0.4 is 9.47 Å². The molecule has 3 nitrogen and oxygen atoms in total. The van der Waals surface area contributed by atoms with E-state index in [1.165, 1.54) is 20.3 Å². The Labute approximate surface area is 109 Å². The molecule has 0 saturated carbocycles. The molecule has 0 aliphatic rings. The van der Waals surface area contributed by atoms with Crippen LogP contribution in [0.3, 0.4) is 0 Å². The van der Waals surface area contributed by atoms with Gasteiger partial charge in [-0.05, 0) is 29.8 Å². The molecule has 0 radical (unpaired) electrons. The van der Waals surface area contributed by atoms with Crippen LogP contribution in [-0.2, 0) is 0 Å². The molecule has 2 rings (SSSR count). The molecule has 0 atom stereocenters. The molecule has 0 aliphatic carbocycles. The van der Waals surface area contributed by atoms with Crippen LogP contribution in [0.4, 0.5) is 8.78 Å². The minimum atomic E-state index is -1.28. The Morgan fingerprint density at radius 2 is 1.47 bits per heavy atom. The SMILES string of the molecule is COc1cc(OC)cc(-c2ccc(O)c(F)c2F)c1. The monoisotopic (exact) mass is 266 g/mol. The van der Waals surface area contributed by atoms with Crippen molar-refractivity contribution in [2.75, 3.05) is 14.2 Å². The highest BCUT2D eigenvalue weighted by atomic mass is 19.2. The van der Waals surface area contributed by atoms with Crippen LogP contribution in [0, 0.1) is 11.6 Å². The number of rotatable bonds is 3. The number of methoxy groups -OCH3 is 2. The van der Waals surface area contributed by atoms with Crippen LogP contribution in [0.1, 0.15) is 0 Å². The quantitative estimate of drug-likeness (QED) is 0.925. The normalized spacial score (nSPS) is 10.3. The third-order valence-electron chi connectivity index (χ3n) is 2.72. The summed E-state index contributed by atoms with van der Waals surface area (Å²) in [5, 5.41) is 9.11. The molecule has 0 fully saturated rings. The van der Waals surface area contributed by atoms with Crippen molar-refractivity contribution in [3.05, 3.63) is 42.0 Å². The zero-order valence-corrected chi connectivity index (χ0v) is 10.4. The van der Waals surface area contributed by atoms with E-state index in [9.17, 15) is 8.78 Å². The van der Waals surface area contributed by atoms with E-state index < -0.39 is 17.4 Å². The number of aromatic hydroxyl groups is 1. The minimum Gasteiger partial charge on any atom is -0.505 e. The Morgan fingerprint density at radius 3 is 2.00 bits per heavy atom. The average Bonchev–Trinajstić information content (AvgIpc) is 2.44. The number of phenols is 1. The van der Waals surface area contributed by atoms with Crippen molar-refractivity contribution in [2.24, 2.45) is 0 Å². The zero-order valence-electron chi connectivity index (χ0n) is 10.4. The molecule has 0 unspecified atom stereocenters. The fraction of sp³-hybridized carbons (Fsp3) is 0.143. The van der Waals surface area contributed by atoms with Crippen molar-refractivity contribution in [3.63, 3.8) is 0 Å². The molecule has 5 heteroatoms. The summed E-state index contributed by atoms with van der Waals surface area (Å²) in [5.74, 6) is -2.20. The van der Waals surface area contributed by atoms with Crippen LogP contribution in [0.5, 0.6) is 17.2 Å². The number of hydrogen-bond donors (Lipinski definition) is 1. The summed E-state index contributed by atoms with van der Waals surface area (Å²) in [4.78, 5) is 0. The molecule has 0 spiro atoms. The summed E-state index contributed by atoms with van der Waals surface area (Å²) >= 11 is 0. The summed E-state index contributed by atoms with van der Waals surface area (Å²) < 4.78 is 37.3. The number of halogens is 2. The Hall–Kier alpha value is -2.30. The van der Waals surface area contributed by atoms with Gasteiger partial charge in [0.05, 0.1) is 14.2 Å². The molecule has 0 heterocycles. The maximum atomic E-state index is 13.8. The lowest BCUT2D eigenvalue weighted by Gasteiger charge is -2.10. The minimum absolute atomic E-state index is 0.0208. The zero-order chi connectivity index (χ0) is 14.0. The molecule has 2 aromatic carbocycles. The molecule has 0 amide bonds. The number of benzene rings is 2. The maximum Gasteiger partial charge on any atom is 0.200 e. The first-order valence-corrected chi connectivity index (χ1v) is 5.47. The van der Waals surface area contributed by atoms with E-state index in [0.29, 0.717) is 17.1 Å². The van der Waals surface area contributed by atoms with E-state index >= 15 is 0 Å². The Morgan fingerprint density at radius 1 is 0.895 bits per heavy atom. The van der Waals surface area contributed by atoms with Gasteiger partial charge in [-0.25, -0.2) is 4.39 Å². The van der Waals surface area contributed by atoms with E-state index in [4.69, 9.17) is 14.6 Å². The second kappa shape index (κ2) is 5.14. The van der Waals surface area contributed by atoms with Crippen molar-refractivity contribution in [2.45, 2.75) is 0 Å². The van der Waals surface area contributed by atoms with Crippen molar-refractivity contribution in [3.8, 4) is 28.4 Å². The number of ether oxygens (including phenoxy) is 2. The first kappa shape index (κ1) is 13.1. The van der Waals surface area contributed by atoms with E-state index in [0.717, 1.165) is 6.07 Å². The van der Waals surface area contributed by atoms with Gasteiger partial charge in [-0.2, -0.15) is 4.39 Å². The van der Waals surface area contributed by atoms with Gasteiger partial charge in [0.1, 0.15) is 11.5 Å². The lowest BCUT2D eigenvalue weighted by molar-refractivity contribution is 0.394. The second-order valence-electron chi connectivity index (χ2n) is 3.86.